The number of nitrogens with zero attached hydrogens (tertiary/aromatic N) is 2. The van der Waals surface area contributed by atoms with Gasteiger partial charge in [0, 0.05) is 54.2 Å². The van der Waals surface area contributed by atoms with Gasteiger partial charge in [0.1, 0.15) is 23.0 Å². The molecular weight excluding hydrogens is 704 g/mol. The molecule has 0 radical (unpaired) electrons. The molecule has 0 spiro atoms. The lowest BCUT2D eigenvalue weighted by Gasteiger charge is -2.21. The number of fused-ring (bicyclic) bond motifs is 2. The number of amides is 1. The summed E-state index contributed by atoms with van der Waals surface area (Å²) in [5.74, 6) is -1.23. The number of furan rings is 1. The maximum Gasteiger partial charge on any atom is 0.255 e. The van der Waals surface area contributed by atoms with Gasteiger partial charge in [-0.3, -0.25) is 9.10 Å². The predicted octanol–water partition coefficient (Wildman–Crippen LogP) is 8.52. The molecule has 8 nitrogen and oxygen atoms in total. The summed E-state index contributed by atoms with van der Waals surface area (Å²) in [6.45, 7) is -0.0802. The van der Waals surface area contributed by atoms with Crippen molar-refractivity contribution >= 4 is 44.2 Å². The van der Waals surface area contributed by atoms with Crippen molar-refractivity contribution in [3.05, 3.63) is 142 Å². The molecule has 4 aromatic carbocycles. The molecule has 2 heterocycles. The lowest BCUT2D eigenvalue weighted by Crippen LogP contribution is -2.25. The van der Waals surface area contributed by atoms with E-state index >= 15 is 4.39 Å². The highest BCUT2D eigenvalue weighted by Crippen LogP contribution is 2.43. The molecule has 2 aromatic heterocycles. The van der Waals surface area contributed by atoms with E-state index in [1.54, 1.807) is 36.4 Å². The van der Waals surface area contributed by atoms with Crippen molar-refractivity contribution in [3.8, 4) is 22.6 Å². The van der Waals surface area contributed by atoms with E-state index in [1.807, 2.05) is 30.3 Å². The number of sulfonamides is 1. The van der Waals surface area contributed by atoms with Crippen LogP contribution < -0.4 is 9.62 Å². The van der Waals surface area contributed by atoms with Gasteiger partial charge in [0.25, 0.3) is 5.91 Å². The first-order chi connectivity index (χ1) is 25.4. The van der Waals surface area contributed by atoms with Crippen molar-refractivity contribution in [1.29, 1.82) is 0 Å². The monoisotopic (exact) mass is 737 g/mol. The number of anilines is 1. The Labute approximate surface area is 304 Å². The van der Waals surface area contributed by atoms with Crippen molar-refractivity contribution in [2.75, 3.05) is 31.3 Å². The van der Waals surface area contributed by atoms with Gasteiger partial charge in [-0.25, -0.2) is 26.6 Å². The van der Waals surface area contributed by atoms with Crippen LogP contribution in [0.25, 0.3) is 45.2 Å². The fourth-order valence-corrected chi connectivity index (χ4v) is 6.99. The number of rotatable bonds is 11. The van der Waals surface area contributed by atoms with Gasteiger partial charge in [0.15, 0.2) is 6.17 Å². The van der Waals surface area contributed by atoms with Gasteiger partial charge >= 0.3 is 0 Å². The standard InChI is InChI=1S/C41H34F3N3O5S/c1-45-41(48)38-32-20-31(36(47(2)53(3,49)50)21-37(32)52-40(38)25-12-14-28(42)15-13-25)35-17-16-29(34(44)23-51-22-24-8-5-4-6-9-24)39(46-35)27-18-26-10-7-11-33(43)30(26)19-27/h4-17,19-21,34H,18,22-23H2,1-3H3,(H,45,48). The summed E-state index contributed by atoms with van der Waals surface area (Å²) in [7, 11) is -1.01. The first-order valence-corrected chi connectivity index (χ1v) is 18.6. The van der Waals surface area contributed by atoms with Crippen LogP contribution in [-0.4, -0.2) is 46.3 Å². The van der Waals surface area contributed by atoms with E-state index in [-0.39, 0.29) is 59.2 Å². The second-order valence-corrected chi connectivity index (χ2v) is 14.8. The van der Waals surface area contributed by atoms with Crippen LogP contribution in [0.4, 0.5) is 18.9 Å². The van der Waals surface area contributed by atoms with Gasteiger partial charge in [0.2, 0.25) is 10.0 Å². The quantitative estimate of drug-likeness (QED) is 0.143. The van der Waals surface area contributed by atoms with E-state index in [1.165, 1.54) is 50.5 Å². The maximum absolute atomic E-state index is 16.2. The fourth-order valence-electron chi connectivity index (χ4n) is 6.49. The molecule has 0 saturated heterocycles. The number of hydrogen-bond acceptors (Lipinski definition) is 6. The number of carbonyl (C=O) groups is 1. The summed E-state index contributed by atoms with van der Waals surface area (Å²) in [5.41, 5.74) is 4.52. The van der Waals surface area contributed by atoms with E-state index in [0.717, 1.165) is 21.7 Å². The molecule has 1 unspecified atom stereocenters. The van der Waals surface area contributed by atoms with Crippen molar-refractivity contribution in [2.24, 2.45) is 0 Å². The Morgan fingerprint density at radius 1 is 1.00 bits per heavy atom. The van der Waals surface area contributed by atoms with Crippen molar-refractivity contribution < 1.29 is 35.5 Å². The van der Waals surface area contributed by atoms with Gasteiger partial charge < -0.3 is 14.5 Å². The predicted molar refractivity (Wildman–Crippen MR) is 199 cm³/mol. The zero-order valence-corrected chi connectivity index (χ0v) is 29.8. The zero-order valence-electron chi connectivity index (χ0n) is 29.0. The highest BCUT2D eigenvalue weighted by atomic mass is 32.2. The molecular formula is C41H34F3N3O5S. The number of alkyl halides is 1. The van der Waals surface area contributed by atoms with Gasteiger partial charge in [0.05, 0.1) is 42.1 Å². The van der Waals surface area contributed by atoms with Crippen LogP contribution in [0, 0.1) is 11.6 Å². The Morgan fingerprint density at radius 3 is 2.45 bits per heavy atom. The number of aromatic nitrogens is 1. The van der Waals surface area contributed by atoms with Gasteiger partial charge in [-0.1, -0.05) is 48.5 Å². The van der Waals surface area contributed by atoms with E-state index in [9.17, 15) is 22.0 Å². The summed E-state index contributed by atoms with van der Waals surface area (Å²) in [6, 6.07) is 25.8. The van der Waals surface area contributed by atoms with Crippen LogP contribution in [0.5, 0.6) is 0 Å². The summed E-state index contributed by atoms with van der Waals surface area (Å²) >= 11 is 0. The Morgan fingerprint density at radius 2 is 1.75 bits per heavy atom. The molecule has 53 heavy (non-hydrogen) atoms. The smallest absolute Gasteiger partial charge is 0.255 e. The Kier molecular flexibility index (Phi) is 9.67. The first kappa shape index (κ1) is 35.7. The third kappa shape index (κ3) is 7.07. The fraction of sp³-hybridized carbons (Fsp3) is 0.171. The lowest BCUT2D eigenvalue weighted by atomic mass is 9.97. The van der Waals surface area contributed by atoms with E-state index < -0.39 is 33.7 Å². The normalized spacial score (nSPS) is 13.1. The van der Waals surface area contributed by atoms with Crippen LogP contribution in [0.3, 0.4) is 0 Å². The molecule has 6 aromatic rings. The second kappa shape index (κ2) is 14.4. The molecule has 1 aliphatic rings. The number of carbonyl (C=O) groups excluding carboxylic acids is 1. The Bertz CT molecular complexity index is 2500. The lowest BCUT2D eigenvalue weighted by molar-refractivity contribution is 0.0693. The largest absolute Gasteiger partial charge is 0.455 e. The minimum absolute atomic E-state index is 0.143. The number of allylic oxidation sites excluding steroid dienone is 1. The number of ether oxygens (including phenoxy) is 1. The number of pyridine rings is 1. The van der Waals surface area contributed by atoms with Crippen LogP contribution in [0.1, 0.15) is 44.5 Å². The molecule has 1 aliphatic carbocycles. The van der Waals surface area contributed by atoms with E-state index in [4.69, 9.17) is 14.1 Å². The van der Waals surface area contributed by atoms with Gasteiger partial charge in [-0.15, -0.1) is 0 Å². The summed E-state index contributed by atoms with van der Waals surface area (Å²) in [5, 5.41) is 2.96. The molecule has 1 amide bonds. The maximum atomic E-state index is 16.2. The van der Waals surface area contributed by atoms with Gasteiger partial charge in [-0.2, -0.15) is 0 Å². The summed E-state index contributed by atoms with van der Waals surface area (Å²) in [4.78, 5) is 18.3. The number of halogens is 3. The summed E-state index contributed by atoms with van der Waals surface area (Å²) < 4.78 is 83.9. The SMILES string of the molecule is CNC(=O)c1c(-c2ccc(F)cc2)oc2cc(N(C)S(C)(=O)=O)c(-c3ccc(C(F)COCc4ccccc4)c(C4=Cc5c(F)cccc5C4)n3)cc12. The van der Waals surface area contributed by atoms with Crippen molar-refractivity contribution in [1.82, 2.24) is 10.3 Å². The van der Waals surface area contributed by atoms with E-state index in [0.29, 0.717) is 27.6 Å². The molecule has 1 atom stereocenters. The van der Waals surface area contributed by atoms with Crippen LogP contribution in [0.2, 0.25) is 0 Å². The van der Waals surface area contributed by atoms with Crippen molar-refractivity contribution in [2.45, 2.75) is 19.2 Å². The third-order valence-corrected chi connectivity index (χ3v) is 10.5. The molecule has 0 bridgehead atoms. The van der Waals surface area contributed by atoms with Gasteiger partial charge in [-0.05, 0) is 65.2 Å². The zero-order chi connectivity index (χ0) is 37.4. The molecule has 0 saturated carbocycles. The minimum Gasteiger partial charge on any atom is -0.455 e. The average molecular weight is 738 g/mol. The molecule has 7 rings (SSSR count). The average Bonchev–Trinajstić information content (AvgIpc) is 3.76. The number of nitrogens with one attached hydrogen (secondary N) is 1. The van der Waals surface area contributed by atoms with E-state index in [2.05, 4.69) is 5.32 Å². The summed E-state index contributed by atoms with van der Waals surface area (Å²) in [6.07, 6.45) is 1.37. The Balaban J connectivity index is 1.40. The minimum atomic E-state index is -3.84. The van der Waals surface area contributed by atoms with Crippen LogP contribution in [-0.2, 0) is 27.8 Å². The second-order valence-electron chi connectivity index (χ2n) is 12.7. The van der Waals surface area contributed by atoms with Crippen LogP contribution in [0.15, 0.2) is 101 Å². The third-order valence-electron chi connectivity index (χ3n) is 9.27. The Hall–Kier alpha value is -5.72. The van der Waals surface area contributed by atoms with Crippen molar-refractivity contribution in [3.63, 3.8) is 0 Å². The molecule has 270 valence electrons. The number of hydrogen-bond donors (Lipinski definition) is 1. The molecule has 0 fully saturated rings. The molecule has 12 heteroatoms. The first-order valence-electron chi connectivity index (χ1n) is 16.7. The number of benzene rings is 4. The highest BCUT2D eigenvalue weighted by molar-refractivity contribution is 7.92. The topological polar surface area (TPSA) is 102 Å². The van der Waals surface area contributed by atoms with Crippen LogP contribution >= 0.6 is 0 Å². The molecule has 0 aliphatic heterocycles. The molecule has 1 N–H and O–H groups in total. The highest BCUT2D eigenvalue weighted by Gasteiger charge is 2.29.